The van der Waals surface area contributed by atoms with Crippen LogP contribution in [0.4, 0.5) is 4.79 Å². The van der Waals surface area contributed by atoms with Crippen LogP contribution in [0.2, 0.25) is 0 Å². The van der Waals surface area contributed by atoms with E-state index in [9.17, 15) is 4.79 Å². The molecule has 2 aliphatic rings. The fourth-order valence-corrected chi connectivity index (χ4v) is 2.47. The van der Waals surface area contributed by atoms with Crippen LogP contribution in [0.15, 0.2) is 0 Å². The molecule has 0 aromatic carbocycles. The maximum absolute atomic E-state index is 11.9. The summed E-state index contributed by atoms with van der Waals surface area (Å²) in [7, 11) is 0. The number of hydrogen-bond acceptors (Lipinski definition) is 1. The number of carbonyl (C=O) groups excluding carboxylic acids is 1. The summed E-state index contributed by atoms with van der Waals surface area (Å²) in [5.41, 5.74) is 0.325. The van der Waals surface area contributed by atoms with Crippen molar-refractivity contribution < 1.29 is 4.79 Å². The van der Waals surface area contributed by atoms with E-state index < -0.39 is 0 Å². The average Bonchev–Trinajstić information content (AvgIpc) is 2.58. The third-order valence-electron chi connectivity index (χ3n) is 4.13. The highest BCUT2D eigenvalue weighted by molar-refractivity contribution is 5.74. The van der Waals surface area contributed by atoms with Gasteiger partial charge in [0.15, 0.2) is 0 Å². The molecule has 0 aromatic rings. The number of amides is 2. The van der Waals surface area contributed by atoms with E-state index in [2.05, 4.69) is 26.1 Å². The summed E-state index contributed by atoms with van der Waals surface area (Å²) in [6, 6.07) is 0.623. The summed E-state index contributed by atoms with van der Waals surface area (Å²) in [6.07, 6.45) is 4.77. The number of nitrogens with zero attached hydrogens (tertiary/aromatic N) is 1. The first-order valence-electron chi connectivity index (χ1n) is 6.52. The molecule has 2 fully saturated rings. The monoisotopic (exact) mass is 224 g/mol. The van der Waals surface area contributed by atoms with Crippen LogP contribution in [0.5, 0.6) is 0 Å². The summed E-state index contributed by atoms with van der Waals surface area (Å²) in [4.78, 5) is 13.9. The Balaban J connectivity index is 1.81. The number of rotatable bonds is 1. The molecule has 2 rings (SSSR count). The molecule has 1 saturated heterocycles. The predicted molar refractivity (Wildman–Crippen MR) is 65.3 cm³/mol. The van der Waals surface area contributed by atoms with Gasteiger partial charge in [-0.1, -0.05) is 20.8 Å². The SMILES string of the molecule is CC(C)(C)C1CCN(C(=O)NC2CCC2)C1. The minimum atomic E-state index is 0.163. The Morgan fingerprint density at radius 2 is 1.94 bits per heavy atom. The number of urea groups is 1. The van der Waals surface area contributed by atoms with E-state index in [1.165, 1.54) is 19.3 Å². The van der Waals surface area contributed by atoms with Crippen LogP contribution in [-0.2, 0) is 0 Å². The second-order valence-corrected chi connectivity index (χ2v) is 6.37. The molecule has 0 spiro atoms. The van der Waals surface area contributed by atoms with E-state index in [0.717, 1.165) is 19.5 Å². The van der Waals surface area contributed by atoms with Gasteiger partial charge in [0.05, 0.1) is 0 Å². The Bertz CT molecular complexity index is 266. The van der Waals surface area contributed by atoms with Crippen LogP contribution < -0.4 is 5.32 Å². The predicted octanol–water partition coefficient (Wildman–Crippen LogP) is 2.62. The second kappa shape index (κ2) is 4.27. The van der Waals surface area contributed by atoms with Crippen molar-refractivity contribution in [1.29, 1.82) is 0 Å². The second-order valence-electron chi connectivity index (χ2n) is 6.37. The minimum Gasteiger partial charge on any atom is -0.335 e. The van der Waals surface area contributed by atoms with Crippen molar-refractivity contribution in [3.05, 3.63) is 0 Å². The van der Waals surface area contributed by atoms with Crippen molar-refractivity contribution in [2.45, 2.75) is 52.5 Å². The van der Waals surface area contributed by atoms with Gasteiger partial charge in [-0.3, -0.25) is 0 Å². The van der Waals surface area contributed by atoms with Crippen LogP contribution >= 0.6 is 0 Å². The summed E-state index contributed by atoms with van der Waals surface area (Å²) in [6.45, 7) is 8.67. The third kappa shape index (κ3) is 2.50. The first-order valence-corrected chi connectivity index (χ1v) is 6.52. The molecule has 1 aliphatic carbocycles. The van der Waals surface area contributed by atoms with Gasteiger partial charge in [-0.15, -0.1) is 0 Å². The quantitative estimate of drug-likeness (QED) is 0.729. The summed E-state index contributed by atoms with van der Waals surface area (Å²) >= 11 is 0. The zero-order valence-electron chi connectivity index (χ0n) is 10.8. The molecule has 16 heavy (non-hydrogen) atoms. The molecule has 1 heterocycles. The van der Waals surface area contributed by atoms with Gasteiger partial charge in [-0.25, -0.2) is 4.79 Å². The molecular formula is C13H24N2O. The van der Waals surface area contributed by atoms with Crippen LogP contribution in [0.3, 0.4) is 0 Å². The van der Waals surface area contributed by atoms with E-state index in [0.29, 0.717) is 17.4 Å². The van der Waals surface area contributed by atoms with Crippen LogP contribution in [0.1, 0.15) is 46.5 Å². The molecule has 1 unspecified atom stereocenters. The van der Waals surface area contributed by atoms with Crippen molar-refractivity contribution in [1.82, 2.24) is 10.2 Å². The number of hydrogen-bond donors (Lipinski definition) is 1. The average molecular weight is 224 g/mol. The van der Waals surface area contributed by atoms with Gasteiger partial charge in [-0.2, -0.15) is 0 Å². The van der Waals surface area contributed by atoms with E-state index in [4.69, 9.17) is 0 Å². The first kappa shape index (κ1) is 11.7. The summed E-state index contributed by atoms with van der Waals surface area (Å²) in [5, 5.41) is 3.12. The van der Waals surface area contributed by atoms with Gasteiger partial charge in [0.2, 0.25) is 0 Å². The molecule has 1 aliphatic heterocycles. The lowest BCUT2D eigenvalue weighted by Crippen LogP contribution is -2.46. The van der Waals surface area contributed by atoms with E-state index in [1.807, 2.05) is 4.90 Å². The largest absolute Gasteiger partial charge is 0.335 e. The third-order valence-corrected chi connectivity index (χ3v) is 4.13. The van der Waals surface area contributed by atoms with Gasteiger partial charge < -0.3 is 10.2 Å². The zero-order chi connectivity index (χ0) is 11.8. The molecule has 92 valence electrons. The zero-order valence-corrected chi connectivity index (χ0v) is 10.8. The number of carbonyl (C=O) groups is 1. The molecule has 1 N–H and O–H groups in total. The molecule has 0 radical (unpaired) electrons. The molecule has 3 heteroatoms. The van der Waals surface area contributed by atoms with Crippen LogP contribution in [0, 0.1) is 11.3 Å². The Hall–Kier alpha value is -0.730. The molecule has 0 aromatic heterocycles. The van der Waals surface area contributed by atoms with Crippen molar-refractivity contribution in [3.63, 3.8) is 0 Å². The van der Waals surface area contributed by atoms with Crippen molar-refractivity contribution in [3.8, 4) is 0 Å². The maximum Gasteiger partial charge on any atom is 0.317 e. The number of nitrogens with one attached hydrogen (secondary N) is 1. The molecule has 3 nitrogen and oxygen atoms in total. The number of likely N-dealkylation sites (tertiary alicyclic amines) is 1. The Morgan fingerprint density at radius 1 is 1.25 bits per heavy atom. The van der Waals surface area contributed by atoms with Crippen LogP contribution in [-0.4, -0.2) is 30.1 Å². The highest BCUT2D eigenvalue weighted by Crippen LogP contribution is 2.33. The maximum atomic E-state index is 11.9. The summed E-state index contributed by atoms with van der Waals surface area (Å²) < 4.78 is 0. The normalized spacial score (nSPS) is 26.7. The molecule has 0 bridgehead atoms. The molecule has 1 saturated carbocycles. The lowest BCUT2D eigenvalue weighted by Gasteiger charge is -2.30. The van der Waals surface area contributed by atoms with Crippen molar-refractivity contribution >= 4 is 6.03 Å². The highest BCUT2D eigenvalue weighted by atomic mass is 16.2. The lowest BCUT2D eigenvalue weighted by molar-refractivity contribution is 0.187. The first-order chi connectivity index (χ1) is 7.47. The fraction of sp³-hybridized carbons (Fsp3) is 0.923. The van der Waals surface area contributed by atoms with Gasteiger partial charge in [0.1, 0.15) is 0 Å². The van der Waals surface area contributed by atoms with E-state index >= 15 is 0 Å². The fourth-order valence-electron chi connectivity index (χ4n) is 2.47. The van der Waals surface area contributed by atoms with Crippen molar-refractivity contribution in [2.24, 2.45) is 11.3 Å². The van der Waals surface area contributed by atoms with Gasteiger partial charge in [0.25, 0.3) is 0 Å². The van der Waals surface area contributed by atoms with E-state index in [-0.39, 0.29) is 6.03 Å². The Labute approximate surface area is 98.6 Å². The topological polar surface area (TPSA) is 32.3 Å². The standard InChI is InChI=1S/C13H24N2O/c1-13(2,3)10-7-8-15(9-10)12(16)14-11-5-4-6-11/h10-11H,4-9H2,1-3H3,(H,14,16). The smallest absolute Gasteiger partial charge is 0.317 e. The Morgan fingerprint density at radius 3 is 2.38 bits per heavy atom. The van der Waals surface area contributed by atoms with Gasteiger partial charge in [-0.05, 0) is 37.0 Å². The van der Waals surface area contributed by atoms with Crippen molar-refractivity contribution in [2.75, 3.05) is 13.1 Å². The van der Waals surface area contributed by atoms with Gasteiger partial charge in [0, 0.05) is 19.1 Å². The molecule has 1 atom stereocenters. The molecule has 2 amide bonds. The van der Waals surface area contributed by atoms with E-state index in [1.54, 1.807) is 0 Å². The highest BCUT2D eigenvalue weighted by Gasteiger charge is 2.34. The summed E-state index contributed by atoms with van der Waals surface area (Å²) in [5.74, 6) is 0.652. The minimum absolute atomic E-state index is 0.163. The van der Waals surface area contributed by atoms with Gasteiger partial charge >= 0.3 is 6.03 Å². The lowest BCUT2D eigenvalue weighted by atomic mass is 9.80. The van der Waals surface area contributed by atoms with Crippen LogP contribution in [0.25, 0.3) is 0 Å². The molecular weight excluding hydrogens is 200 g/mol. The Kier molecular flexibility index (Phi) is 3.13.